The van der Waals surface area contributed by atoms with Gasteiger partial charge in [0.05, 0.1) is 17.6 Å². The minimum Gasteiger partial charge on any atom is -0.397 e. The van der Waals surface area contributed by atoms with E-state index in [1.54, 1.807) is 4.68 Å². The Bertz CT molecular complexity index is 352. The summed E-state index contributed by atoms with van der Waals surface area (Å²) in [5, 5.41) is 4.16. The van der Waals surface area contributed by atoms with E-state index in [2.05, 4.69) is 18.6 Å². The molecule has 0 saturated heterocycles. The van der Waals surface area contributed by atoms with Crippen LogP contribution in [0.4, 0.5) is 0 Å². The van der Waals surface area contributed by atoms with E-state index in [4.69, 9.17) is 5.73 Å². The van der Waals surface area contributed by atoms with Gasteiger partial charge < -0.3 is 5.73 Å². The van der Waals surface area contributed by atoms with Crippen LogP contribution in [0.1, 0.15) is 24.6 Å². The zero-order valence-corrected chi connectivity index (χ0v) is 9.04. The van der Waals surface area contributed by atoms with Crippen LogP contribution in [0.5, 0.6) is 0 Å². The lowest BCUT2D eigenvalue weighted by Gasteiger charge is -2.08. The van der Waals surface area contributed by atoms with E-state index in [-0.39, 0.29) is 0 Å². The molecule has 76 valence electrons. The molecule has 0 aliphatic heterocycles. The van der Waals surface area contributed by atoms with E-state index in [9.17, 15) is 0 Å². The molecule has 0 aliphatic rings. The molecule has 0 radical (unpaired) electrons. The average molecular weight is 191 g/mol. The summed E-state index contributed by atoms with van der Waals surface area (Å²) in [6, 6.07) is 0. The van der Waals surface area contributed by atoms with E-state index in [0.29, 0.717) is 0 Å². The lowest BCUT2D eigenvalue weighted by atomic mass is 10.1. The number of nitrogens with two attached hydrogens (primary N) is 1. The normalized spacial score (nSPS) is 12.5. The summed E-state index contributed by atoms with van der Waals surface area (Å²) < 4.78 is 1.80. The Hall–Kier alpha value is -1.51. The molecule has 2 N–H and O–H groups in total. The number of allylic oxidation sites excluding steroid dienone is 2. The van der Waals surface area contributed by atoms with Gasteiger partial charge in [-0.25, -0.2) is 0 Å². The molecule has 14 heavy (non-hydrogen) atoms. The van der Waals surface area contributed by atoms with Crippen LogP contribution in [0.25, 0.3) is 5.70 Å². The number of hydrogen-bond donors (Lipinski definition) is 1. The Morgan fingerprint density at radius 3 is 2.71 bits per heavy atom. The first kappa shape index (κ1) is 10.6. The third kappa shape index (κ3) is 1.71. The second-order valence-electron chi connectivity index (χ2n) is 3.30. The second-order valence-corrected chi connectivity index (χ2v) is 3.30. The molecule has 0 aromatic carbocycles. The maximum absolute atomic E-state index is 6.05. The highest BCUT2D eigenvalue weighted by atomic mass is 15.3. The molecule has 0 atom stereocenters. The van der Waals surface area contributed by atoms with E-state index in [0.717, 1.165) is 28.9 Å². The average Bonchev–Trinajstić information content (AvgIpc) is 2.48. The lowest BCUT2D eigenvalue weighted by Crippen LogP contribution is -2.07. The predicted molar refractivity (Wildman–Crippen MR) is 59.5 cm³/mol. The van der Waals surface area contributed by atoms with Crippen molar-refractivity contribution in [2.24, 2.45) is 12.8 Å². The maximum atomic E-state index is 6.05. The molecule has 0 saturated carbocycles. The summed E-state index contributed by atoms with van der Waals surface area (Å²) in [5.41, 5.74) is 9.98. The summed E-state index contributed by atoms with van der Waals surface area (Å²) in [6.45, 7) is 7.83. The summed E-state index contributed by atoms with van der Waals surface area (Å²) in [5.74, 6) is 0. The van der Waals surface area contributed by atoms with Gasteiger partial charge in [0, 0.05) is 7.05 Å². The maximum Gasteiger partial charge on any atom is 0.0867 e. The molecule has 0 unspecified atom stereocenters. The van der Waals surface area contributed by atoms with Gasteiger partial charge in [0.1, 0.15) is 0 Å². The van der Waals surface area contributed by atoms with Crippen LogP contribution in [0.15, 0.2) is 24.4 Å². The number of aryl methyl sites for hydroxylation is 2. The van der Waals surface area contributed by atoms with Gasteiger partial charge in [0.2, 0.25) is 0 Å². The van der Waals surface area contributed by atoms with E-state index < -0.39 is 0 Å². The zero-order valence-electron chi connectivity index (χ0n) is 9.04. The monoisotopic (exact) mass is 191 g/mol. The van der Waals surface area contributed by atoms with Crippen molar-refractivity contribution in [1.29, 1.82) is 0 Å². The highest BCUT2D eigenvalue weighted by molar-refractivity contribution is 5.67. The van der Waals surface area contributed by atoms with Gasteiger partial charge in [-0.15, -0.1) is 0 Å². The quantitative estimate of drug-likeness (QED) is 0.742. The largest absolute Gasteiger partial charge is 0.397 e. The van der Waals surface area contributed by atoms with E-state index >= 15 is 0 Å². The van der Waals surface area contributed by atoms with Gasteiger partial charge in [0.25, 0.3) is 0 Å². The third-order valence-corrected chi connectivity index (χ3v) is 2.35. The SMILES string of the molecule is C=C/C(CC)=C(/N)c1c(C)cnn1C. The molecule has 1 aromatic heterocycles. The molecule has 0 fully saturated rings. The van der Waals surface area contributed by atoms with Gasteiger partial charge in [-0.05, 0) is 24.5 Å². The minimum atomic E-state index is 0.778. The lowest BCUT2D eigenvalue weighted by molar-refractivity contribution is 0.753. The Morgan fingerprint density at radius 2 is 2.36 bits per heavy atom. The summed E-state index contributed by atoms with van der Waals surface area (Å²) in [4.78, 5) is 0. The summed E-state index contributed by atoms with van der Waals surface area (Å²) in [6.07, 6.45) is 4.51. The first-order chi connectivity index (χ1) is 6.61. The summed E-state index contributed by atoms with van der Waals surface area (Å²) in [7, 11) is 1.89. The fraction of sp³-hybridized carbons (Fsp3) is 0.364. The van der Waals surface area contributed by atoms with Crippen LogP contribution >= 0.6 is 0 Å². The van der Waals surface area contributed by atoms with Gasteiger partial charge in [-0.2, -0.15) is 5.10 Å². The molecule has 3 nitrogen and oxygen atoms in total. The summed E-state index contributed by atoms with van der Waals surface area (Å²) >= 11 is 0. The number of rotatable bonds is 3. The Balaban J connectivity index is 3.29. The van der Waals surface area contributed by atoms with Crippen LogP contribution in [-0.4, -0.2) is 9.78 Å². The molecule has 3 heteroatoms. The fourth-order valence-corrected chi connectivity index (χ4v) is 1.53. The van der Waals surface area contributed by atoms with E-state index in [1.165, 1.54) is 0 Å². The third-order valence-electron chi connectivity index (χ3n) is 2.35. The van der Waals surface area contributed by atoms with Crippen LogP contribution in [0.2, 0.25) is 0 Å². The molecule has 0 aliphatic carbocycles. The fourth-order valence-electron chi connectivity index (χ4n) is 1.53. The number of nitrogens with zero attached hydrogens (tertiary/aromatic N) is 2. The van der Waals surface area contributed by atoms with Crippen LogP contribution < -0.4 is 5.73 Å². The van der Waals surface area contributed by atoms with Gasteiger partial charge in [-0.1, -0.05) is 19.6 Å². The molecule has 0 amide bonds. The first-order valence-electron chi connectivity index (χ1n) is 4.71. The van der Waals surface area contributed by atoms with Crippen molar-refractivity contribution < 1.29 is 0 Å². The minimum absolute atomic E-state index is 0.778. The molecule has 1 aromatic rings. The van der Waals surface area contributed by atoms with Crippen LogP contribution in [-0.2, 0) is 7.05 Å². The van der Waals surface area contributed by atoms with Crippen LogP contribution in [0.3, 0.4) is 0 Å². The van der Waals surface area contributed by atoms with Crippen molar-refractivity contribution in [3.05, 3.63) is 35.7 Å². The van der Waals surface area contributed by atoms with E-state index in [1.807, 2.05) is 26.2 Å². The van der Waals surface area contributed by atoms with Crippen molar-refractivity contribution in [3.8, 4) is 0 Å². The number of hydrogen-bond acceptors (Lipinski definition) is 2. The Labute approximate surface area is 84.9 Å². The highest BCUT2D eigenvalue weighted by Gasteiger charge is 2.09. The van der Waals surface area contributed by atoms with Gasteiger partial charge in [0.15, 0.2) is 0 Å². The second kappa shape index (κ2) is 4.13. The predicted octanol–water partition coefficient (Wildman–Crippen LogP) is 1.99. The zero-order chi connectivity index (χ0) is 10.7. The molecular formula is C11H17N3. The Kier molecular flexibility index (Phi) is 3.12. The Morgan fingerprint density at radius 1 is 1.71 bits per heavy atom. The molecule has 0 bridgehead atoms. The molecular weight excluding hydrogens is 174 g/mol. The highest BCUT2D eigenvalue weighted by Crippen LogP contribution is 2.19. The molecule has 0 spiro atoms. The smallest absolute Gasteiger partial charge is 0.0867 e. The van der Waals surface area contributed by atoms with Gasteiger partial charge >= 0.3 is 0 Å². The molecule has 1 rings (SSSR count). The van der Waals surface area contributed by atoms with Gasteiger partial charge in [-0.3, -0.25) is 4.68 Å². The number of aromatic nitrogens is 2. The van der Waals surface area contributed by atoms with Crippen LogP contribution in [0, 0.1) is 6.92 Å². The first-order valence-corrected chi connectivity index (χ1v) is 4.71. The molecule has 1 heterocycles. The van der Waals surface area contributed by atoms with Crippen molar-refractivity contribution in [2.45, 2.75) is 20.3 Å². The van der Waals surface area contributed by atoms with Crippen molar-refractivity contribution in [2.75, 3.05) is 0 Å². The van der Waals surface area contributed by atoms with Crippen molar-refractivity contribution in [3.63, 3.8) is 0 Å². The van der Waals surface area contributed by atoms with Crippen molar-refractivity contribution >= 4 is 5.70 Å². The topological polar surface area (TPSA) is 43.8 Å². The van der Waals surface area contributed by atoms with Crippen molar-refractivity contribution in [1.82, 2.24) is 9.78 Å². The standard InChI is InChI=1S/C11H17N3/c1-5-9(6-2)10(12)11-8(3)7-13-14(11)4/h5,7H,1,6,12H2,2-4H3/b10-9-.